The number of unbranched alkanes of at least 4 members (excludes halogenated alkanes) is 5. The average Bonchev–Trinajstić information content (AvgIpc) is 3.17. The number of phosphoric acid groups is 1. The molecule has 0 aliphatic heterocycles. The van der Waals surface area contributed by atoms with Gasteiger partial charge in [0.25, 0.3) is 7.82 Å². The number of esters is 2. The van der Waals surface area contributed by atoms with Gasteiger partial charge in [-0.1, -0.05) is 112 Å². The molecule has 3 unspecified atom stereocenters. The van der Waals surface area contributed by atoms with E-state index in [1.165, 1.54) is 19.3 Å². The Morgan fingerprint density at radius 2 is 1.16 bits per heavy atom. The summed E-state index contributed by atoms with van der Waals surface area (Å²) in [6.45, 7) is 3.66. The maximum atomic E-state index is 12.7. The Balaban J connectivity index is 4.72. The zero-order valence-electron chi connectivity index (χ0n) is 36.4. The van der Waals surface area contributed by atoms with Crippen LogP contribution >= 0.6 is 7.82 Å². The van der Waals surface area contributed by atoms with Gasteiger partial charge in [-0.25, -0.2) is 0 Å². The fourth-order valence-electron chi connectivity index (χ4n) is 5.10. The molecule has 0 fully saturated rings. The standard InChI is InChI=1S/C46H78NO10P/c1-6-8-10-12-14-16-18-20-21-22-24-26-28-30-32-36-45(50)54-40-42(41-56-58(52,53)55-39-38-47(3,4)5)57-46(51)37-33-35-44(49)43(48)34-31-29-27-25-23-19-17-15-13-11-9-7-2/h8,10,14-17,20-21,23-26,29,31,42-44,48-49H,6-7,9,11-13,18-19,22,27-28,30,32-41H2,1-5H3/b10-8-,16-14-,17-15-,21-20-,25-23-,26-24-,31-29-/t42-,43?,44?/m1/s1. The number of phosphoric ester groups is 1. The molecule has 0 amide bonds. The zero-order chi connectivity index (χ0) is 43.2. The number of quaternary nitrogens is 1. The van der Waals surface area contributed by atoms with Gasteiger partial charge in [0.15, 0.2) is 6.10 Å². The van der Waals surface area contributed by atoms with E-state index in [4.69, 9.17) is 18.5 Å². The van der Waals surface area contributed by atoms with Gasteiger partial charge in [-0.05, 0) is 89.9 Å². The number of carbonyl (C=O) groups is 2. The monoisotopic (exact) mass is 836 g/mol. The first-order valence-corrected chi connectivity index (χ1v) is 22.9. The van der Waals surface area contributed by atoms with Crippen molar-refractivity contribution < 1.29 is 52.3 Å². The molecule has 0 aromatic heterocycles. The van der Waals surface area contributed by atoms with Gasteiger partial charge in [-0.15, -0.1) is 0 Å². The summed E-state index contributed by atoms with van der Waals surface area (Å²) in [7, 11) is 0.949. The average molecular weight is 836 g/mol. The predicted molar refractivity (Wildman–Crippen MR) is 234 cm³/mol. The third-order valence-electron chi connectivity index (χ3n) is 8.60. The number of allylic oxidation sites excluding steroid dienone is 13. The van der Waals surface area contributed by atoms with E-state index in [0.717, 1.165) is 57.8 Å². The van der Waals surface area contributed by atoms with Crippen molar-refractivity contribution in [3.63, 3.8) is 0 Å². The minimum atomic E-state index is -4.72. The van der Waals surface area contributed by atoms with E-state index in [-0.39, 0.29) is 45.3 Å². The SMILES string of the molecule is CC/C=C\C/C=C\C/C=C\C/C=C\CCCCC(=O)OC[C@H](COP(=O)([O-])OCC[N+](C)(C)C)OC(=O)CCCC(O)C(O)C/C=C\C/C=C\C/C=C\CCCCC. The molecule has 0 heterocycles. The van der Waals surface area contributed by atoms with E-state index in [2.05, 4.69) is 86.8 Å². The lowest BCUT2D eigenvalue weighted by Crippen LogP contribution is -2.37. The molecular weight excluding hydrogens is 757 g/mol. The molecule has 0 radical (unpaired) electrons. The van der Waals surface area contributed by atoms with E-state index in [9.17, 15) is 29.3 Å². The Hall–Kier alpha value is -2.89. The molecule has 12 heteroatoms. The van der Waals surface area contributed by atoms with Crippen LogP contribution in [-0.2, 0) is 32.7 Å². The highest BCUT2D eigenvalue weighted by atomic mass is 31.2. The summed E-state index contributed by atoms with van der Waals surface area (Å²) in [5, 5.41) is 20.8. The number of hydrogen-bond donors (Lipinski definition) is 2. The number of carbonyl (C=O) groups excluding carboxylic acids is 2. The summed E-state index contributed by atoms with van der Waals surface area (Å²) in [6.07, 6.45) is 39.3. The molecule has 0 saturated carbocycles. The molecule has 0 aliphatic rings. The minimum Gasteiger partial charge on any atom is -0.756 e. The second-order valence-corrected chi connectivity index (χ2v) is 16.7. The number of aliphatic hydroxyl groups is 2. The van der Waals surface area contributed by atoms with Gasteiger partial charge in [0, 0.05) is 12.8 Å². The molecule has 0 rings (SSSR count). The topological polar surface area (TPSA) is 152 Å². The van der Waals surface area contributed by atoms with Crippen molar-refractivity contribution >= 4 is 19.8 Å². The molecule has 0 bridgehead atoms. The number of likely N-dealkylation sites (N-methyl/N-ethyl adjacent to an activating group) is 1. The Morgan fingerprint density at radius 1 is 0.638 bits per heavy atom. The third kappa shape index (κ3) is 38.6. The van der Waals surface area contributed by atoms with E-state index in [1.54, 1.807) is 0 Å². The Morgan fingerprint density at radius 3 is 1.71 bits per heavy atom. The summed E-state index contributed by atoms with van der Waals surface area (Å²) in [5.41, 5.74) is 0. The lowest BCUT2D eigenvalue weighted by atomic mass is 10.0. The molecule has 0 aliphatic carbocycles. The lowest BCUT2D eigenvalue weighted by molar-refractivity contribution is -0.870. The van der Waals surface area contributed by atoms with Crippen molar-refractivity contribution in [1.29, 1.82) is 0 Å². The van der Waals surface area contributed by atoms with Crippen LogP contribution in [0.15, 0.2) is 85.1 Å². The van der Waals surface area contributed by atoms with Crippen molar-refractivity contribution in [1.82, 2.24) is 0 Å². The van der Waals surface area contributed by atoms with Gasteiger partial charge in [0.2, 0.25) is 0 Å². The molecule has 11 nitrogen and oxygen atoms in total. The quantitative estimate of drug-likeness (QED) is 0.0204. The van der Waals surface area contributed by atoms with Gasteiger partial charge in [-0.3, -0.25) is 14.2 Å². The van der Waals surface area contributed by atoms with Crippen molar-refractivity contribution in [2.45, 2.75) is 148 Å². The molecule has 2 N–H and O–H groups in total. The fraction of sp³-hybridized carbons (Fsp3) is 0.652. The molecule has 0 spiro atoms. The first-order valence-electron chi connectivity index (χ1n) is 21.5. The largest absolute Gasteiger partial charge is 0.756 e. The maximum Gasteiger partial charge on any atom is 0.306 e. The van der Waals surface area contributed by atoms with Gasteiger partial charge in [0.1, 0.15) is 19.8 Å². The van der Waals surface area contributed by atoms with Crippen LogP contribution in [0.3, 0.4) is 0 Å². The normalized spacial score (nSPS) is 15.5. The van der Waals surface area contributed by atoms with Gasteiger partial charge >= 0.3 is 11.9 Å². The molecule has 4 atom stereocenters. The number of rotatable bonds is 37. The van der Waals surface area contributed by atoms with E-state index >= 15 is 0 Å². The Bertz CT molecular complexity index is 1300. The van der Waals surface area contributed by atoms with Gasteiger partial charge in [-0.2, -0.15) is 0 Å². The van der Waals surface area contributed by atoms with Crippen molar-refractivity contribution in [3.8, 4) is 0 Å². The molecule has 332 valence electrons. The molecular formula is C46H78NO10P. The Labute approximate surface area is 351 Å². The summed E-state index contributed by atoms with van der Waals surface area (Å²) in [6, 6.07) is 0. The van der Waals surface area contributed by atoms with Crippen LogP contribution in [0, 0.1) is 0 Å². The van der Waals surface area contributed by atoms with Gasteiger partial charge < -0.3 is 38.1 Å². The maximum absolute atomic E-state index is 12.7. The molecule has 58 heavy (non-hydrogen) atoms. The third-order valence-corrected chi connectivity index (χ3v) is 9.56. The fourth-order valence-corrected chi connectivity index (χ4v) is 5.83. The molecule has 0 aromatic carbocycles. The zero-order valence-corrected chi connectivity index (χ0v) is 37.3. The van der Waals surface area contributed by atoms with Gasteiger partial charge in [0.05, 0.1) is 40.0 Å². The van der Waals surface area contributed by atoms with Crippen LogP contribution < -0.4 is 4.89 Å². The second-order valence-electron chi connectivity index (χ2n) is 15.3. The van der Waals surface area contributed by atoms with E-state index in [1.807, 2.05) is 33.3 Å². The summed E-state index contributed by atoms with van der Waals surface area (Å²) < 4.78 is 33.6. The molecule has 0 saturated heterocycles. The molecule has 0 aromatic rings. The highest BCUT2D eigenvalue weighted by Gasteiger charge is 2.22. The second kappa shape index (κ2) is 37.1. The number of ether oxygens (including phenoxy) is 2. The van der Waals surface area contributed by atoms with Crippen LogP contribution in [0.4, 0.5) is 0 Å². The van der Waals surface area contributed by atoms with Crippen molar-refractivity contribution in [2.24, 2.45) is 0 Å². The highest BCUT2D eigenvalue weighted by Crippen LogP contribution is 2.38. The van der Waals surface area contributed by atoms with Crippen molar-refractivity contribution in [2.75, 3.05) is 47.5 Å². The van der Waals surface area contributed by atoms with Crippen LogP contribution in [0.5, 0.6) is 0 Å². The van der Waals surface area contributed by atoms with Crippen LogP contribution in [0.1, 0.15) is 129 Å². The van der Waals surface area contributed by atoms with Crippen LogP contribution in [-0.4, -0.2) is 92.5 Å². The number of hydrogen-bond acceptors (Lipinski definition) is 10. The first kappa shape index (κ1) is 55.1. The number of aliphatic hydroxyl groups excluding tert-OH is 2. The summed E-state index contributed by atoms with van der Waals surface area (Å²) in [4.78, 5) is 37.6. The highest BCUT2D eigenvalue weighted by molar-refractivity contribution is 7.45. The first-order chi connectivity index (χ1) is 27.8. The van der Waals surface area contributed by atoms with Crippen LogP contribution in [0.2, 0.25) is 0 Å². The van der Waals surface area contributed by atoms with E-state index in [0.29, 0.717) is 17.4 Å². The van der Waals surface area contributed by atoms with Crippen molar-refractivity contribution in [3.05, 3.63) is 85.1 Å². The summed E-state index contributed by atoms with van der Waals surface area (Å²) in [5.74, 6) is -1.18. The number of nitrogens with zero attached hydrogens (tertiary/aromatic N) is 1. The minimum absolute atomic E-state index is 0.0945. The van der Waals surface area contributed by atoms with E-state index < -0.39 is 44.7 Å². The lowest BCUT2D eigenvalue weighted by Gasteiger charge is -2.28. The summed E-state index contributed by atoms with van der Waals surface area (Å²) >= 11 is 0. The Kier molecular flexibility index (Phi) is 35.3. The van der Waals surface area contributed by atoms with Crippen LogP contribution in [0.25, 0.3) is 0 Å². The smallest absolute Gasteiger partial charge is 0.306 e. The predicted octanol–water partition coefficient (Wildman–Crippen LogP) is 9.33.